The molecule has 0 saturated carbocycles. The van der Waals surface area contributed by atoms with Crippen molar-refractivity contribution in [2.24, 2.45) is 0 Å². The Bertz CT molecular complexity index is 1510. The number of hydrogen-bond donors (Lipinski definition) is 0. The maximum Gasteiger partial charge on any atom is 0.306 e. The second kappa shape index (κ2) is 56.1. The van der Waals surface area contributed by atoms with Gasteiger partial charge in [-0.25, -0.2) is 0 Å². The molecule has 0 amide bonds. The third kappa shape index (κ3) is 54.4. The highest BCUT2D eigenvalue weighted by atomic mass is 16.6. The van der Waals surface area contributed by atoms with Crippen molar-refractivity contribution in [3.8, 4) is 0 Å². The zero-order valence-corrected chi connectivity index (χ0v) is 44.3. The summed E-state index contributed by atoms with van der Waals surface area (Å²) in [6.07, 6.45) is 79.0. The van der Waals surface area contributed by atoms with Gasteiger partial charge in [-0.2, -0.15) is 0 Å². The normalized spacial score (nSPS) is 13.1. The van der Waals surface area contributed by atoms with Crippen LogP contribution in [0.1, 0.15) is 226 Å². The van der Waals surface area contributed by atoms with Gasteiger partial charge in [0.15, 0.2) is 6.10 Å². The van der Waals surface area contributed by atoms with E-state index in [1.165, 1.54) is 103 Å². The minimum absolute atomic E-state index is 0.141. The lowest BCUT2D eigenvalue weighted by Gasteiger charge is -2.18. The first kappa shape index (κ1) is 64.5. The molecule has 0 aliphatic carbocycles. The predicted molar refractivity (Wildman–Crippen MR) is 297 cm³/mol. The minimum atomic E-state index is -0.841. The number of allylic oxidation sites excluding steroid dienone is 22. The van der Waals surface area contributed by atoms with E-state index < -0.39 is 6.10 Å². The molecule has 0 spiro atoms. The van der Waals surface area contributed by atoms with Crippen molar-refractivity contribution in [3.05, 3.63) is 134 Å². The summed E-state index contributed by atoms with van der Waals surface area (Å²) in [7, 11) is 0. The van der Waals surface area contributed by atoms with E-state index in [1.54, 1.807) is 0 Å². The summed E-state index contributed by atoms with van der Waals surface area (Å²) < 4.78 is 16.7. The second-order valence-corrected chi connectivity index (χ2v) is 17.9. The fourth-order valence-electron chi connectivity index (χ4n) is 7.20. The first-order chi connectivity index (χ1) is 34.0. The van der Waals surface area contributed by atoms with Crippen molar-refractivity contribution in [1.82, 2.24) is 0 Å². The van der Waals surface area contributed by atoms with Gasteiger partial charge in [0, 0.05) is 19.3 Å². The maximum absolute atomic E-state index is 12.8. The standard InChI is InChI=1S/C63H100O6/c1-4-7-10-13-16-19-22-25-27-29-31-33-35-38-41-44-47-50-53-56-62(65)68-59-60(58-67-61(64)55-52-49-46-43-40-37-24-21-18-15-12-9-6-3)69-63(66)57-54-51-48-45-42-39-36-34-32-30-28-26-23-20-17-14-11-8-5-2/h7,9-10,12,15-16,18-19,21,24-25,27,31,33,37-38,40-41,43,46-47,50,60H,4-6,8,11,13-14,17,20,22-23,26,28-30,32,34-36,39,42,44-45,48-49,51-59H2,1-3H3/b10-7-,12-9-,18-15-,19-16-,24-21-,27-25-,33-31-,40-37-,41-38-,46-43-,50-47-. The van der Waals surface area contributed by atoms with Crippen LogP contribution < -0.4 is 0 Å². The van der Waals surface area contributed by atoms with Gasteiger partial charge < -0.3 is 14.2 Å². The summed E-state index contributed by atoms with van der Waals surface area (Å²) in [6, 6.07) is 0. The molecule has 0 fully saturated rings. The molecule has 69 heavy (non-hydrogen) atoms. The lowest BCUT2D eigenvalue weighted by atomic mass is 10.0. The molecule has 0 aromatic heterocycles. The Hall–Kier alpha value is -4.45. The van der Waals surface area contributed by atoms with Crippen LogP contribution >= 0.6 is 0 Å². The highest BCUT2D eigenvalue weighted by Gasteiger charge is 2.19. The Morgan fingerprint density at radius 3 is 1.10 bits per heavy atom. The van der Waals surface area contributed by atoms with Crippen molar-refractivity contribution in [1.29, 1.82) is 0 Å². The van der Waals surface area contributed by atoms with Gasteiger partial charge in [0.05, 0.1) is 0 Å². The predicted octanol–water partition coefficient (Wildman–Crippen LogP) is 18.6. The molecule has 6 nitrogen and oxygen atoms in total. The van der Waals surface area contributed by atoms with E-state index >= 15 is 0 Å². The third-order valence-electron chi connectivity index (χ3n) is 11.3. The minimum Gasteiger partial charge on any atom is -0.462 e. The first-order valence-electron chi connectivity index (χ1n) is 27.8. The van der Waals surface area contributed by atoms with Gasteiger partial charge in [-0.05, 0) is 70.6 Å². The summed E-state index contributed by atoms with van der Waals surface area (Å²) in [4.78, 5) is 38.0. The monoisotopic (exact) mass is 953 g/mol. The molecule has 0 radical (unpaired) electrons. The Balaban J connectivity index is 4.55. The summed E-state index contributed by atoms with van der Waals surface area (Å²) in [5.41, 5.74) is 0. The van der Waals surface area contributed by atoms with Crippen LogP contribution in [-0.4, -0.2) is 37.2 Å². The molecular weight excluding hydrogens is 853 g/mol. The second-order valence-electron chi connectivity index (χ2n) is 17.9. The van der Waals surface area contributed by atoms with Crippen LogP contribution in [-0.2, 0) is 28.6 Å². The fourth-order valence-corrected chi connectivity index (χ4v) is 7.20. The fraction of sp³-hybridized carbons (Fsp3) is 0.603. The van der Waals surface area contributed by atoms with Gasteiger partial charge in [0.25, 0.3) is 0 Å². The molecule has 0 aromatic carbocycles. The van der Waals surface area contributed by atoms with Crippen LogP contribution in [0.4, 0.5) is 0 Å². The highest BCUT2D eigenvalue weighted by molar-refractivity contribution is 5.71. The largest absolute Gasteiger partial charge is 0.462 e. The van der Waals surface area contributed by atoms with Crippen molar-refractivity contribution in [2.75, 3.05) is 13.2 Å². The van der Waals surface area contributed by atoms with Gasteiger partial charge in [-0.3, -0.25) is 14.4 Å². The van der Waals surface area contributed by atoms with E-state index in [0.29, 0.717) is 19.3 Å². The average molecular weight is 953 g/mol. The topological polar surface area (TPSA) is 78.9 Å². The van der Waals surface area contributed by atoms with Crippen LogP contribution in [0, 0.1) is 0 Å². The van der Waals surface area contributed by atoms with Crippen LogP contribution in [0.15, 0.2) is 134 Å². The summed E-state index contributed by atoms with van der Waals surface area (Å²) in [5, 5.41) is 0. The van der Waals surface area contributed by atoms with Gasteiger partial charge in [-0.15, -0.1) is 0 Å². The number of carbonyl (C=O) groups excluding carboxylic acids is 3. The quantitative estimate of drug-likeness (QED) is 0.0199. The first-order valence-corrected chi connectivity index (χ1v) is 27.8. The zero-order chi connectivity index (χ0) is 50.0. The molecule has 0 bridgehead atoms. The number of hydrogen-bond acceptors (Lipinski definition) is 6. The van der Waals surface area contributed by atoms with E-state index in [0.717, 1.165) is 70.6 Å². The molecule has 0 aliphatic rings. The van der Waals surface area contributed by atoms with Crippen molar-refractivity contribution in [2.45, 2.75) is 232 Å². The maximum atomic E-state index is 12.8. The number of unbranched alkanes of at least 4 members (excludes halogenated alkanes) is 19. The van der Waals surface area contributed by atoms with E-state index in [1.807, 2.05) is 66.8 Å². The smallest absolute Gasteiger partial charge is 0.306 e. The molecule has 0 rings (SSSR count). The van der Waals surface area contributed by atoms with Crippen LogP contribution in [0.2, 0.25) is 0 Å². The number of carbonyl (C=O) groups is 3. The summed E-state index contributed by atoms with van der Waals surface area (Å²) in [6.45, 7) is 6.25. The average Bonchev–Trinajstić information content (AvgIpc) is 3.35. The van der Waals surface area contributed by atoms with Crippen molar-refractivity contribution in [3.63, 3.8) is 0 Å². The lowest BCUT2D eigenvalue weighted by Crippen LogP contribution is -2.30. The van der Waals surface area contributed by atoms with Crippen LogP contribution in [0.3, 0.4) is 0 Å². The van der Waals surface area contributed by atoms with E-state index in [-0.39, 0.29) is 44.0 Å². The van der Waals surface area contributed by atoms with Crippen LogP contribution in [0.25, 0.3) is 0 Å². The van der Waals surface area contributed by atoms with Crippen molar-refractivity contribution >= 4 is 17.9 Å². The Morgan fingerprint density at radius 1 is 0.319 bits per heavy atom. The molecule has 0 N–H and O–H groups in total. The molecule has 0 saturated heterocycles. The Labute approximate surface area is 424 Å². The molecular formula is C63H100O6. The Kier molecular flexibility index (Phi) is 52.5. The van der Waals surface area contributed by atoms with Gasteiger partial charge >= 0.3 is 17.9 Å². The van der Waals surface area contributed by atoms with Gasteiger partial charge in [0.1, 0.15) is 13.2 Å². The molecule has 388 valence electrons. The molecule has 1 atom stereocenters. The molecule has 1 unspecified atom stereocenters. The van der Waals surface area contributed by atoms with Crippen molar-refractivity contribution < 1.29 is 28.6 Å². The number of rotatable bonds is 48. The van der Waals surface area contributed by atoms with E-state index in [2.05, 4.69) is 87.6 Å². The van der Waals surface area contributed by atoms with Gasteiger partial charge in [0.2, 0.25) is 0 Å². The summed E-state index contributed by atoms with van der Waals surface area (Å²) >= 11 is 0. The SMILES string of the molecule is CC\C=C/C=C\C=C/C=C\C=C/CCCC(=O)OCC(COC(=O)CC/C=C\C/C=C\C/C=C\C/C=C\C/C=C\C/C=C\CC)OC(=O)CCCCCCCCCCCCCCCCCCCCC. The summed E-state index contributed by atoms with van der Waals surface area (Å²) in [5.74, 6) is -1.10. The number of ether oxygens (including phenoxy) is 3. The van der Waals surface area contributed by atoms with E-state index in [4.69, 9.17) is 14.2 Å². The Morgan fingerprint density at radius 2 is 0.667 bits per heavy atom. The zero-order valence-electron chi connectivity index (χ0n) is 44.3. The molecule has 0 aromatic rings. The number of esters is 3. The van der Waals surface area contributed by atoms with E-state index in [9.17, 15) is 14.4 Å². The molecule has 6 heteroatoms. The lowest BCUT2D eigenvalue weighted by molar-refractivity contribution is -0.166. The van der Waals surface area contributed by atoms with Crippen LogP contribution in [0.5, 0.6) is 0 Å². The molecule has 0 aliphatic heterocycles. The highest BCUT2D eigenvalue weighted by Crippen LogP contribution is 2.15. The third-order valence-corrected chi connectivity index (χ3v) is 11.3. The van der Waals surface area contributed by atoms with Gasteiger partial charge in [-0.1, -0.05) is 270 Å². The molecule has 0 heterocycles.